The SMILES string of the molecule is CCC(C)(CCBr)NS(=O)(=O)c1c(Br)nnn1C. The first-order valence-electron chi connectivity index (χ1n) is 5.41. The summed E-state index contributed by atoms with van der Waals surface area (Å²) >= 11 is 6.44. The lowest BCUT2D eigenvalue weighted by molar-refractivity contribution is 0.390. The maximum absolute atomic E-state index is 12.3. The van der Waals surface area contributed by atoms with E-state index >= 15 is 0 Å². The molecule has 0 fully saturated rings. The van der Waals surface area contributed by atoms with E-state index in [2.05, 4.69) is 46.9 Å². The van der Waals surface area contributed by atoms with Crippen LogP contribution < -0.4 is 4.72 Å². The van der Waals surface area contributed by atoms with Crippen molar-refractivity contribution in [1.82, 2.24) is 19.7 Å². The summed E-state index contributed by atoms with van der Waals surface area (Å²) < 4.78 is 28.8. The van der Waals surface area contributed by atoms with Crippen LogP contribution in [0.5, 0.6) is 0 Å². The fourth-order valence-electron chi connectivity index (χ4n) is 1.49. The van der Waals surface area contributed by atoms with Gasteiger partial charge in [0.25, 0.3) is 10.0 Å². The normalized spacial score (nSPS) is 15.6. The highest BCUT2D eigenvalue weighted by molar-refractivity contribution is 9.10. The number of hydrogen-bond acceptors (Lipinski definition) is 4. The molecule has 0 saturated heterocycles. The van der Waals surface area contributed by atoms with Crippen LogP contribution in [0.1, 0.15) is 26.7 Å². The number of halogens is 2. The van der Waals surface area contributed by atoms with Gasteiger partial charge in [-0.05, 0) is 35.7 Å². The Hall–Kier alpha value is 0.0100. The summed E-state index contributed by atoms with van der Waals surface area (Å²) in [6, 6.07) is 0. The lowest BCUT2D eigenvalue weighted by atomic mass is 9.98. The van der Waals surface area contributed by atoms with Crippen LogP contribution in [0.4, 0.5) is 0 Å². The van der Waals surface area contributed by atoms with E-state index in [1.54, 1.807) is 7.05 Å². The van der Waals surface area contributed by atoms with Gasteiger partial charge in [0.15, 0.2) is 4.60 Å². The van der Waals surface area contributed by atoms with Crippen LogP contribution in [0.3, 0.4) is 0 Å². The quantitative estimate of drug-likeness (QED) is 0.734. The maximum atomic E-state index is 12.3. The number of hydrogen-bond donors (Lipinski definition) is 1. The van der Waals surface area contributed by atoms with Crippen LogP contribution >= 0.6 is 31.9 Å². The Kier molecular flexibility index (Phi) is 5.33. The Morgan fingerprint density at radius 3 is 2.50 bits per heavy atom. The summed E-state index contributed by atoms with van der Waals surface area (Å²) in [5, 5.41) is 8.13. The van der Waals surface area contributed by atoms with Crippen LogP contribution in [0.25, 0.3) is 0 Å². The van der Waals surface area contributed by atoms with Crippen molar-refractivity contribution in [1.29, 1.82) is 0 Å². The first-order valence-corrected chi connectivity index (χ1v) is 8.80. The number of sulfonamides is 1. The van der Waals surface area contributed by atoms with E-state index in [1.165, 1.54) is 4.68 Å². The van der Waals surface area contributed by atoms with Gasteiger partial charge in [0.2, 0.25) is 5.03 Å². The summed E-state index contributed by atoms with van der Waals surface area (Å²) in [5.41, 5.74) is -0.494. The maximum Gasteiger partial charge on any atom is 0.261 e. The third-order valence-electron chi connectivity index (χ3n) is 2.80. The molecule has 1 aromatic rings. The Labute approximate surface area is 124 Å². The first kappa shape index (κ1) is 16.1. The molecule has 0 aliphatic rings. The number of aryl methyl sites for hydroxylation is 1. The molecule has 0 amide bonds. The highest BCUT2D eigenvalue weighted by Gasteiger charge is 2.32. The molecule has 0 spiro atoms. The van der Waals surface area contributed by atoms with Crippen molar-refractivity contribution >= 4 is 41.9 Å². The predicted molar refractivity (Wildman–Crippen MR) is 76.1 cm³/mol. The van der Waals surface area contributed by atoms with Crippen LogP contribution in [0, 0.1) is 0 Å². The molecule has 1 heterocycles. The average molecular weight is 404 g/mol. The molecule has 1 aromatic heterocycles. The van der Waals surface area contributed by atoms with Crippen molar-refractivity contribution in [2.24, 2.45) is 7.05 Å². The molecule has 18 heavy (non-hydrogen) atoms. The van der Waals surface area contributed by atoms with Gasteiger partial charge in [0, 0.05) is 17.9 Å². The highest BCUT2D eigenvalue weighted by Crippen LogP contribution is 2.23. The minimum Gasteiger partial charge on any atom is -0.235 e. The molecule has 0 aromatic carbocycles. The van der Waals surface area contributed by atoms with Gasteiger partial charge in [0.05, 0.1) is 0 Å². The van der Waals surface area contributed by atoms with Gasteiger partial charge in [-0.2, -0.15) is 0 Å². The average Bonchev–Trinajstić information content (AvgIpc) is 2.58. The topological polar surface area (TPSA) is 76.9 Å². The number of alkyl halides is 1. The standard InChI is InChI=1S/C9H16Br2N4O2S/c1-4-9(2,5-6-10)13-18(16,17)8-7(11)12-14-15(8)3/h13H,4-6H2,1-3H3. The molecule has 6 nitrogen and oxygen atoms in total. The molecule has 0 saturated carbocycles. The van der Waals surface area contributed by atoms with E-state index in [0.29, 0.717) is 12.8 Å². The van der Waals surface area contributed by atoms with Crippen molar-refractivity contribution in [3.63, 3.8) is 0 Å². The molecule has 9 heteroatoms. The molecule has 1 atom stereocenters. The molecular formula is C9H16Br2N4O2S. The molecule has 0 aliphatic carbocycles. The van der Waals surface area contributed by atoms with Crippen LogP contribution in [0.15, 0.2) is 9.63 Å². The second-order valence-electron chi connectivity index (χ2n) is 4.27. The van der Waals surface area contributed by atoms with Crippen LogP contribution in [0.2, 0.25) is 0 Å². The minimum atomic E-state index is -3.65. The Morgan fingerprint density at radius 1 is 1.50 bits per heavy atom. The van der Waals surface area contributed by atoms with Crippen molar-refractivity contribution in [2.75, 3.05) is 5.33 Å². The van der Waals surface area contributed by atoms with Gasteiger partial charge >= 0.3 is 0 Å². The lowest BCUT2D eigenvalue weighted by Crippen LogP contribution is -2.46. The summed E-state index contributed by atoms with van der Waals surface area (Å²) in [7, 11) is -2.11. The van der Waals surface area contributed by atoms with Gasteiger partial charge in [-0.15, -0.1) is 5.10 Å². The van der Waals surface area contributed by atoms with Gasteiger partial charge < -0.3 is 0 Å². The highest BCUT2D eigenvalue weighted by atomic mass is 79.9. The van der Waals surface area contributed by atoms with Crippen LogP contribution in [-0.2, 0) is 17.1 Å². The summed E-state index contributed by atoms with van der Waals surface area (Å²) in [6.45, 7) is 3.82. The summed E-state index contributed by atoms with van der Waals surface area (Å²) in [4.78, 5) is 0. The predicted octanol–water partition coefficient (Wildman–Crippen LogP) is 1.81. The lowest BCUT2D eigenvalue weighted by Gasteiger charge is -2.28. The Balaban J connectivity index is 3.09. The fourth-order valence-corrected chi connectivity index (χ4v) is 4.97. The monoisotopic (exact) mass is 402 g/mol. The minimum absolute atomic E-state index is 0.0387. The third-order valence-corrected chi connectivity index (χ3v) is 5.72. The zero-order chi connectivity index (χ0) is 14.0. The third kappa shape index (κ3) is 3.52. The fraction of sp³-hybridized carbons (Fsp3) is 0.778. The van der Waals surface area contributed by atoms with Crippen molar-refractivity contribution < 1.29 is 8.42 Å². The van der Waals surface area contributed by atoms with Gasteiger partial charge in [-0.1, -0.05) is 28.1 Å². The van der Waals surface area contributed by atoms with Crippen molar-refractivity contribution in [3.05, 3.63) is 4.60 Å². The smallest absolute Gasteiger partial charge is 0.235 e. The zero-order valence-corrected chi connectivity index (χ0v) is 14.4. The van der Waals surface area contributed by atoms with Gasteiger partial charge in [0.1, 0.15) is 0 Å². The number of nitrogens with one attached hydrogen (secondary N) is 1. The molecular weight excluding hydrogens is 388 g/mol. The van der Waals surface area contributed by atoms with Gasteiger partial charge in [-0.25, -0.2) is 17.8 Å². The van der Waals surface area contributed by atoms with Gasteiger partial charge in [-0.3, -0.25) is 0 Å². The van der Waals surface area contributed by atoms with E-state index < -0.39 is 15.6 Å². The van der Waals surface area contributed by atoms with E-state index in [1.807, 2.05) is 13.8 Å². The molecule has 0 aliphatic heterocycles. The number of aromatic nitrogens is 3. The molecule has 104 valence electrons. The summed E-state index contributed by atoms with van der Waals surface area (Å²) in [6.07, 6.45) is 1.40. The molecule has 1 rings (SSSR count). The van der Waals surface area contributed by atoms with Crippen LogP contribution in [-0.4, -0.2) is 34.3 Å². The largest absolute Gasteiger partial charge is 0.261 e. The zero-order valence-electron chi connectivity index (χ0n) is 10.4. The van der Waals surface area contributed by atoms with Crippen molar-refractivity contribution in [2.45, 2.75) is 37.3 Å². The molecule has 0 bridgehead atoms. The first-order chi connectivity index (χ1) is 8.25. The molecule has 1 N–H and O–H groups in total. The molecule has 1 unspecified atom stereocenters. The molecule has 0 radical (unpaired) electrons. The number of rotatable bonds is 6. The second kappa shape index (κ2) is 5.98. The van der Waals surface area contributed by atoms with E-state index in [0.717, 1.165) is 5.33 Å². The summed E-state index contributed by atoms with van der Waals surface area (Å²) in [5.74, 6) is 0. The second-order valence-corrected chi connectivity index (χ2v) is 7.41. The van der Waals surface area contributed by atoms with E-state index in [4.69, 9.17) is 0 Å². The van der Waals surface area contributed by atoms with E-state index in [9.17, 15) is 8.42 Å². The van der Waals surface area contributed by atoms with E-state index in [-0.39, 0.29) is 9.63 Å². The Bertz CT molecular complexity index is 497. The Morgan fingerprint density at radius 2 is 2.11 bits per heavy atom. The van der Waals surface area contributed by atoms with Crippen molar-refractivity contribution in [3.8, 4) is 0 Å². The number of nitrogens with zero attached hydrogens (tertiary/aromatic N) is 3.